The summed E-state index contributed by atoms with van der Waals surface area (Å²) in [6, 6.07) is 10.3. The van der Waals surface area contributed by atoms with Gasteiger partial charge in [0.05, 0.1) is 11.2 Å². The number of piperidine rings is 1. The molecule has 0 radical (unpaired) electrons. The average molecular weight is 281 g/mol. The van der Waals surface area contributed by atoms with Gasteiger partial charge in [-0.3, -0.25) is 0 Å². The summed E-state index contributed by atoms with van der Waals surface area (Å²) < 4.78 is 0. The van der Waals surface area contributed by atoms with Crippen LogP contribution in [0.15, 0.2) is 24.3 Å². The number of hydrogen-bond acceptors (Lipinski definition) is 5. The van der Waals surface area contributed by atoms with E-state index >= 15 is 0 Å². The third kappa shape index (κ3) is 2.67. The molecular weight excluding hydrogens is 262 g/mol. The molecular formula is C16H19N5. The van der Waals surface area contributed by atoms with Crippen LogP contribution >= 0.6 is 0 Å². The van der Waals surface area contributed by atoms with Crippen molar-refractivity contribution >= 4 is 16.6 Å². The lowest BCUT2D eigenvalue weighted by Gasteiger charge is -2.36. The van der Waals surface area contributed by atoms with E-state index in [1.54, 1.807) is 0 Å². The van der Waals surface area contributed by atoms with Crippen molar-refractivity contribution in [1.29, 1.82) is 5.26 Å². The third-order valence-corrected chi connectivity index (χ3v) is 4.21. The molecule has 2 heterocycles. The summed E-state index contributed by atoms with van der Waals surface area (Å²) in [7, 11) is 2.15. The molecule has 0 saturated carbocycles. The molecule has 2 unspecified atom stereocenters. The van der Waals surface area contributed by atoms with Gasteiger partial charge in [-0.25, -0.2) is 0 Å². The number of likely N-dealkylation sites (tertiary alicyclic amines) is 1. The first-order valence-electron chi connectivity index (χ1n) is 7.29. The summed E-state index contributed by atoms with van der Waals surface area (Å²) >= 11 is 0. The molecule has 1 aliphatic rings. The van der Waals surface area contributed by atoms with E-state index in [-0.39, 0.29) is 0 Å². The number of hydrogen-bond donors (Lipinski definition) is 1. The number of anilines is 1. The van der Waals surface area contributed by atoms with Gasteiger partial charge >= 0.3 is 0 Å². The zero-order valence-corrected chi connectivity index (χ0v) is 12.4. The van der Waals surface area contributed by atoms with E-state index in [9.17, 15) is 5.26 Å². The van der Waals surface area contributed by atoms with Gasteiger partial charge in [0, 0.05) is 18.0 Å². The predicted molar refractivity (Wildman–Crippen MR) is 82.9 cm³/mol. The molecule has 0 aliphatic carbocycles. The SMILES string of the molecule is CC1CN(C)CCC1Nc1c(C#N)nnc2ccccc12. The van der Waals surface area contributed by atoms with E-state index in [4.69, 9.17) is 0 Å². The van der Waals surface area contributed by atoms with Crippen molar-refractivity contribution in [1.82, 2.24) is 15.1 Å². The Bertz CT molecular complexity index is 691. The quantitative estimate of drug-likeness (QED) is 0.914. The van der Waals surface area contributed by atoms with Crippen LogP contribution in [0.1, 0.15) is 19.0 Å². The summed E-state index contributed by atoms with van der Waals surface area (Å²) in [5, 5.41) is 22.0. The fourth-order valence-corrected chi connectivity index (χ4v) is 3.03. The van der Waals surface area contributed by atoms with Crippen molar-refractivity contribution in [2.45, 2.75) is 19.4 Å². The van der Waals surface area contributed by atoms with Crippen molar-refractivity contribution in [2.24, 2.45) is 5.92 Å². The van der Waals surface area contributed by atoms with Crippen LogP contribution in [0.5, 0.6) is 0 Å². The minimum absolute atomic E-state index is 0.362. The first-order valence-corrected chi connectivity index (χ1v) is 7.29. The molecule has 5 nitrogen and oxygen atoms in total. The highest BCUT2D eigenvalue weighted by Gasteiger charge is 2.25. The monoisotopic (exact) mass is 281 g/mol. The standard InChI is InChI=1S/C16H19N5/c1-11-10-21(2)8-7-13(11)18-16-12-5-3-4-6-14(12)19-20-15(16)9-17/h3-6,11,13H,7-8,10H2,1-2H3,(H,18,19). The number of nitrogens with one attached hydrogen (secondary N) is 1. The zero-order valence-electron chi connectivity index (χ0n) is 12.4. The minimum Gasteiger partial charge on any atom is -0.379 e. The van der Waals surface area contributed by atoms with E-state index < -0.39 is 0 Å². The number of fused-ring (bicyclic) bond motifs is 1. The maximum atomic E-state index is 9.31. The van der Waals surface area contributed by atoms with E-state index in [1.165, 1.54) is 0 Å². The molecule has 1 aromatic carbocycles. The number of aromatic nitrogens is 2. The van der Waals surface area contributed by atoms with Crippen LogP contribution in [0, 0.1) is 17.2 Å². The van der Waals surface area contributed by atoms with E-state index in [1.807, 2.05) is 24.3 Å². The highest BCUT2D eigenvalue weighted by atomic mass is 15.1. The Morgan fingerprint density at radius 1 is 1.33 bits per heavy atom. The number of rotatable bonds is 2. The first kappa shape index (κ1) is 13.8. The molecule has 2 atom stereocenters. The van der Waals surface area contributed by atoms with Crippen LogP contribution < -0.4 is 5.32 Å². The van der Waals surface area contributed by atoms with Gasteiger partial charge in [0.1, 0.15) is 6.07 Å². The number of benzene rings is 1. The van der Waals surface area contributed by atoms with Crippen molar-refractivity contribution < 1.29 is 0 Å². The summed E-state index contributed by atoms with van der Waals surface area (Å²) in [5.74, 6) is 0.530. The molecule has 5 heteroatoms. The van der Waals surface area contributed by atoms with Gasteiger partial charge in [-0.15, -0.1) is 10.2 Å². The zero-order chi connectivity index (χ0) is 14.8. The van der Waals surface area contributed by atoms with Gasteiger partial charge in [0.2, 0.25) is 0 Å². The van der Waals surface area contributed by atoms with Crippen LogP contribution in [-0.4, -0.2) is 41.3 Å². The second-order valence-electron chi connectivity index (χ2n) is 5.83. The fourth-order valence-electron chi connectivity index (χ4n) is 3.03. The van der Waals surface area contributed by atoms with Crippen LogP contribution in [0.25, 0.3) is 10.9 Å². The Kier molecular flexibility index (Phi) is 3.72. The highest BCUT2D eigenvalue weighted by molar-refractivity contribution is 5.92. The summed E-state index contributed by atoms with van der Waals surface area (Å²) in [5.41, 5.74) is 2.02. The number of nitriles is 1. The van der Waals surface area contributed by atoms with Crippen LogP contribution in [0.2, 0.25) is 0 Å². The second kappa shape index (κ2) is 5.66. The van der Waals surface area contributed by atoms with Crippen molar-refractivity contribution in [3.05, 3.63) is 30.0 Å². The molecule has 108 valence electrons. The molecule has 0 bridgehead atoms. The largest absolute Gasteiger partial charge is 0.379 e. The molecule has 1 fully saturated rings. The molecule has 1 N–H and O–H groups in total. The molecule has 1 aliphatic heterocycles. The lowest BCUT2D eigenvalue weighted by Crippen LogP contribution is -2.43. The molecule has 21 heavy (non-hydrogen) atoms. The molecule has 1 aromatic heterocycles. The fraction of sp³-hybridized carbons (Fsp3) is 0.438. The van der Waals surface area contributed by atoms with E-state index in [0.29, 0.717) is 17.7 Å². The van der Waals surface area contributed by atoms with Gasteiger partial charge in [-0.1, -0.05) is 25.1 Å². The molecule has 1 saturated heterocycles. The minimum atomic E-state index is 0.362. The maximum Gasteiger partial charge on any atom is 0.186 e. The Hall–Kier alpha value is -2.19. The Morgan fingerprint density at radius 3 is 2.90 bits per heavy atom. The van der Waals surface area contributed by atoms with Crippen LogP contribution in [-0.2, 0) is 0 Å². The maximum absolute atomic E-state index is 9.31. The Labute approximate surface area is 124 Å². The molecule has 3 rings (SSSR count). The van der Waals surface area contributed by atoms with E-state index in [2.05, 4.69) is 40.5 Å². The molecule has 0 spiro atoms. The Balaban J connectivity index is 1.98. The van der Waals surface area contributed by atoms with Crippen molar-refractivity contribution in [3.8, 4) is 6.07 Å². The van der Waals surface area contributed by atoms with Gasteiger partial charge in [0.15, 0.2) is 5.69 Å². The normalized spacial score (nSPS) is 22.9. The topological polar surface area (TPSA) is 64.8 Å². The highest BCUT2D eigenvalue weighted by Crippen LogP contribution is 2.27. The first-order chi connectivity index (χ1) is 10.2. The van der Waals surface area contributed by atoms with Crippen molar-refractivity contribution in [3.63, 3.8) is 0 Å². The number of nitrogens with zero attached hydrogens (tertiary/aromatic N) is 4. The van der Waals surface area contributed by atoms with Gasteiger partial charge in [-0.2, -0.15) is 5.26 Å². The smallest absolute Gasteiger partial charge is 0.186 e. The molecule has 0 amide bonds. The van der Waals surface area contributed by atoms with E-state index in [0.717, 1.165) is 36.1 Å². The lowest BCUT2D eigenvalue weighted by atomic mass is 9.93. The van der Waals surface area contributed by atoms with Gasteiger partial charge in [-0.05, 0) is 32.0 Å². The summed E-state index contributed by atoms with van der Waals surface area (Å²) in [6.07, 6.45) is 1.07. The second-order valence-corrected chi connectivity index (χ2v) is 5.83. The summed E-state index contributed by atoms with van der Waals surface area (Å²) in [6.45, 7) is 4.38. The van der Waals surface area contributed by atoms with Gasteiger partial charge < -0.3 is 10.2 Å². The predicted octanol–water partition coefficient (Wildman–Crippen LogP) is 2.25. The van der Waals surface area contributed by atoms with Crippen LogP contribution in [0.3, 0.4) is 0 Å². The van der Waals surface area contributed by atoms with Crippen LogP contribution in [0.4, 0.5) is 5.69 Å². The average Bonchev–Trinajstić information content (AvgIpc) is 2.50. The van der Waals surface area contributed by atoms with Gasteiger partial charge in [0.25, 0.3) is 0 Å². The third-order valence-electron chi connectivity index (χ3n) is 4.21. The lowest BCUT2D eigenvalue weighted by molar-refractivity contribution is 0.206. The molecule has 2 aromatic rings. The summed E-state index contributed by atoms with van der Waals surface area (Å²) in [4.78, 5) is 2.34. The Morgan fingerprint density at radius 2 is 2.14 bits per heavy atom. The van der Waals surface area contributed by atoms with Crippen molar-refractivity contribution in [2.75, 3.05) is 25.5 Å².